The molecule has 0 saturated heterocycles. The van der Waals surface area contributed by atoms with Gasteiger partial charge in [-0.1, -0.05) is 18.2 Å². The van der Waals surface area contributed by atoms with Gasteiger partial charge in [-0.05, 0) is 37.1 Å². The number of allylic oxidation sites excluding steroid dienone is 2. The molecule has 74 valence electrons. The molecule has 14 heavy (non-hydrogen) atoms. The third-order valence-corrected chi connectivity index (χ3v) is 2.00. The molecule has 2 heteroatoms. The van der Waals surface area contributed by atoms with Gasteiger partial charge in [0.2, 0.25) is 0 Å². The van der Waals surface area contributed by atoms with Crippen molar-refractivity contribution in [2.75, 3.05) is 0 Å². The largest absolute Gasteiger partial charge is 0.427 e. The van der Waals surface area contributed by atoms with Gasteiger partial charge < -0.3 is 4.74 Å². The van der Waals surface area contributed by atoms with Crippen molar-refractivity contribution < 1.29 is 9.53 Å². The quantitative estimate of drug-likeness (QED) is 0.529. The lowest BCUT2D eigenvalue weighted by Crippen LogP contribution is -2.00. The van der Waals surface area contributed by atoms with Crippen LogP contribution in [0, 0.1) is 0 Å². The molecule has 0 heterocycles. The zero-order chi connectivity index (χ0) is 10.6. The van der Waals surface area contributed by atoms with Gasteiger partial charge in [0.25, 0.3) is 0 Å². The second-order valence-electron chi connectivity index (χ2n) is 3.09. The summed E-state index contributed by atoms with van der Waals surface area (Å²) in [5.74, 6) is 0.297. The summed E-state index contributed by atoms with van der Waals surface area (Å²) in [7, 11) is 0. The molecule has 0 spiro atoms. The highest BCUT2D eigenvalue weighted by molar-refractivity contribution is 5.70. The van der Waals surface area contributed by atoms with E-state index < -0.39 is 0 Å². The fraction of sp³-hybridized carbons (Fsp3) is 0.250. The molecule has 0 bridgehead atoms. The minimum absolute atomic E-state index is 0.291. The SMILES string of the molecule is CC=C(C)c1ccc(OC(C)=O)cc1. The van der Waals surface area contributed by atoms with Crippen molar-refractivity contribution in [1.82, 2.24) is 0 Å². The van der Waals surface area contributed by atoms with E-state index in [9.17, 15) is 4.79 Å². The maximum atomic E-state index is 10.7. The molecule has 1 aromatic rings. The van der Waals surface area contributed by atoms with Gasteiger partial charge >= 0.3 is 5.97 Å². The average molecular weight is 190 g/mol. The van der Waals surface area contributed by atoms with Crippen molar-refractivity contribution in [2.45, 2.75) is 20.8 Å². The van der Waals surface area contributed by atoms with Gasteiger partial charge in [-0.15, -0.1) is 0 Å². The van der Waals surface area contributed by atoms with E-state index >= 15 is 0 Å². The molecule has 0 radical (unpaired) electrons. The van der Waals surface area contributed by atoms with Gasteiger partial charge in [0, 0.05) is 6.92 Å². The lowest BCUT2D eigenvalue weighted by atomic mass is 10.1. The van der Waals surface area contributed by atoms with Gasteiger partial charge in [-0.3, -0.25) is 4.79 Å². The highest BCUT2D eigenvalue weighted by atomic mass is 16.5. The van der Waals surface area contributed by atoms with E-state index in [0.717, 1.165) is 5.56 Å². The molecule has 0 amide bonds. The third kappa shape index (κ3) is 2.73. The molecule has 0 aromatic heterocycles. The highest BCUT2D eigenvalue weighted by Gasteiger charge is 1.98. The van der Waals surface area contributed by atoms with Crippen LogP contribution in [0.25, 0.3) is 5.57 Å². The van der Waals surface area contributed by atoms with Gasteiger partial charge in [0.15, 0.2) is 0 Å². The molecule has 0 unspecified atom stereocenters. The van der Waals surface area contributed by atoms with Crippen LogP contribution in [0.3, 0.4) is 0 Å². The predicted octanol–water partition coefficient (Wildman–Crippen LogP) is 3.04. The topological polar surface area (TPSA) is 26.3 Å². The minimum atomic E-state index is -0.291. The van der Waals surface area contributed by atoms with Crippen molar-refractivity contribution in [3.8, 4) is 5.75 Å². The van der Waals surface area contributed by atoms with Crippen LogP contribution in [-0.4, -0.2) is 5.97 Å². The molecule has 0 N–H and O–H groups in total. The summed E-state index contributed by atoms with van der Waals surface area (Å²) in [4.78, 5) is 10.7. The number of hydrogen-bond donors (Lipinski definition) is 0. The molecule has 1 rings (SSSR count). The summed E-state index contributed by atoms with van der Waals surface area (Å²) in [5, 5.41) is 0. The first-order valence-corrected chi connectivity index (χ1v) is 4.55. The number of carbonyl (C=O) groups excluding carboxylic acids is 1. The van der Waals surface area contributed by atoms with Crippen LogP contribution >= 0.6 is 0 Å². The number of rotatable bonds is 2. The lowest BCUT2D eigenvalue weighted by Gasteiger charge is -2.03. The van der Waals surface area contributed by atoms with Gasteiger partial charge in [0.1, 0.15) is 5.75 Å². The van der Waals surface area contributed by atoms with Crippen LogP contribution in [0.15, 0.2) is 30.3 Å². The molecule has 0 saturated carbocycles. The number of benzene rings is 1. The first-order chi connectivity index (χ1) is 6.63. The molecular formula is C12H14O2. The van der Waals surface area contributed by atoms with E-state index in [1.54, 1.807) is 12.1 Å². The minimum Gasteiger partial charge on any atom is -0.427 e. The second-order valence-corrected chi connectivity index (χ2v) is 3.09. The van der Waals surface area contributed by atoms with Crippen molar-refractivity contribution in [3.05, 3.63) is 35.9 Å². The Morgan fingerprint density at radius 1 is 1.21 bits per heavy atom. The van der Waals surface area contributed by atoms with Crippen molar-refractivity contribution >= 4 is 11.5 Å². The van der Waals surface area contributed by atoms with Gasteiger partial charge in [-0.2, -0.15) is 0 Å². The van der Waals surface area contributed by atoms with E-state index in [2.05, 4.69) is 0 Å². The summed E-state index contributed by atoms with van der Waals surface area (Å²) in [5.41, 5.74) is 2.35. The molecule has 0 aliphatic heterocycles. The molecular weight excluding hydrogens is 176 g/mol. The van der Waals surface area contributed by atoms with Crippen molar-refractivity contribution in [3.63, 3.8) is 0 Å². The standard InChI is InChI=1S/C12H14O2/c1-4-9(2)11-5-7-12(8-6-11)14-10(3)13/h4-8H,1-3H3. The Kier molecular flexibility index (Phi) is 3.46. The number of carbonyl (C=O) groups is 1. The van der Waals surface area contributed by atoms with Gasteiger partial charge in [-0.25, -0.2) is 0 Å². The van der Waals surface area contributed by atoms with Gasteiger partial charge in [0.05, 0.1) is 0 Å². The summed E-state index contributed by atoms with van der Waals surface area (Å²) in [6, 6.07) is 7.47. The average Bonchev–Trinajstić information content (AvgIpc) is 2.17. The molecule has 0 aliphatic rings. The number of ether oxygens (including phenoxy) is 1. The maximum Gasteiger partial charge on any atom is 0.308 e. The summed E-state index contributed by atoms with van der Waals surface area (Å²) in [6.45, 7) is 5.43. The summed E-state index contributed by atoms with van der Waals surface area (Å²) in [6.07, 6.45) is 2.04. The Balaban J connectivity index is 2.83. The smallest absolute Gasteiger partial charge is 0.308 e. The normalized spacial score (nSPS) is 11.2. The number of hydrogen-bond acceptors (Lipinski definition) is 2. The monoisotopic (exact) mass is 190 g/mol. The maximum absolute atomic E-state index is 10.7. The fourth-order valence-corrected chi connectivity index (χ4v) is 1.12. The van der Waals surface area contributed by atoms with E-state index in [-0.39, 0.29) is 5.97 Å². The molecule has 0 aliphatic carbocycles. The Labute approximate surface area is 84.2 Å². The molecule has 2 nitrogen and oxygen atoms in total. The lowest BCUT2D eigenvalue weighted by molar-refractivity contribution is -0.131. The summed E-state index contributed by atoms with van der Waals surface area (Å²) < 4.78 is 4.92. The van der Waals surface area contributed by atoms with E-state index in [0.29, 0.717) is 5.75 Å². The Hall–Kier alpha value is -1.57. The number of esters is 1. The summed E-state index contributed by atoms with van der Waals surface area (Å²) >= 11 is 0. The second kappa shape index (κ2) is 4.61. The van der Waals surface area contributed by atoms with Crippen LogP contribution < -0.4 is 4.74 Å². The predicted molar refractivity (Wildman–Crippen MR) is 57.1 cm³/mol. The van der Waals surface area contributed by atoms with E-state index in [4.69, 9.17) is 4.74 Å². The highest BCUT2D eigenvalue weighted by Crippen LogP contribution is 2.18. The molecule has 0 atom stereocenters. The van der Waals surface area contributed by atoms with Crippen LogP contribution in [-0.2, 0) is 4.79 Å². The van der Waals surface area contributed by atoms with E-state index in [1.807, 2.05) is 32.1 Å². The van der Waals surface area contributed by atoms with Crippen LogP contribution in [0.4, 0.5) is 0 Å². The first-order valence-electron chi connectivity index (χ1n) is 4.55. The Morgan fingerprint density at radius 3 is 2.21 bits per heavy atom. The first kappa shape index (κ1) is 10.5. The Morgan fingerprint density at radius 2 is 1.79 bits per heavy atom. The van der Waals surface area contributed by atoms with E-state index in [1.165, 1.54) is 12.5 Å². The van der Waals surface area contributed by atoms with Crippen LogP contribution in [0.5, 0.6) is 5.75 Å². The molecule has 1 aromatic carbocycles. The van der Waals surface area contributed by atoms with Crippen molar-refractivity contribution in [2.24, 2.45) is 0 Å². The van der Waals surface area contributed by atoms with Crippen molar-refractivity contribution in [1.29, 1.82) is 0 Å². The van der Waals surface area contributed by atoms with Crippen LogP contribution in [0.2, 0.25) is 0 Å². The van der Waals surface area contributed by atoms with Crippen LogP contribution in [0.1, 0.15) is 26.3 Å². The fourth-order valence-electron chi connectivity index (χ4n) is 1.12. The zero-order valence-electron chi connectivity index (χ0n) is 8.70. The Bertz CT molecular complexity index is 347. The third-order valence-electron chi connectivity index (χ3n) is 2.00. The molecule has 0 fully saturated rings. The zero-order valence-corrected chi connectivity index (χ0v) is 8.70.